The van der Waals surface area contributed by atoms with Gasteiger partial charge in [-0.25, -0.2) is 9.37 Å². The minimum atomic E-state index is -0.185. The second-order valence-corrected chi connectivity index (χ2v) is 4.13. The Morgan fingerprint density at radius 2 is 2.18 bits per heavy atom. The van der Waals surface area contributed by atoms with Gasteiger partial charge in [0.1, 0.15) is 11.6 Å². The third kappa shape index (κ3) is 2.91. The van der Waals surface area contributed by atoms with Crippen molar-refractivity contribution in [2.75, 3.05) is 0 Å². The van der Waals surface area contributed by atoms with Crippen LogP contribution in [0.5, 0.6) is 0 Å². The van der Waals surface area contributed by atoms with Crippen molar-refractivity contribution in [3.63, 3.8) is 0 Å². The summed E-state index contributed by atoms with van der Waals surface area (Å²) in [5.74, 6) is 0.806. The molecule has 3 nitrogen and oxygen atoms in total. The van der Waals surface area contributed by atoms with Crippen LogP contribution in [0, 0.1) is 12.7 Å². The van der Waals surface area contributed by atoms with E-state index in [2.05, 4.69) is 10.3 Å². The van der Waals surface area contributed by atoms with Gasteiger partial charge in [0.2, 0.25) is 0 Å². The Labute approximate surface area is 100 Å². The van der Waals surface area contributed by atoms with Crippen molar-refractivity contribution in [2.45, 2.75) is 20.0 Å². The molecular formula is C13H16FN3. The van der Waals surface area contributed by atoms with Gasteiger partial charge in [-0.3, -0.25) is 0 Å². The summed E-state index contributed by atoms with van der Waals surface area (Å²) in [5.41, 5.74) is 2.08. The lowest BCUT2D eigenvalue weighted by Gasteiger charge is -2.08. The first kappa shape index (κ1) is 11.8. The molecule has 0 amide bonds. The minimum Gasteiger partial charge on any atom is -0.337 e. The van der Waals surface area contributed by atoms with E-state index in [0.717, 1.165) is 23.5 Å². The fourth-order valence-electron chi connectivity index (χ4n) is 1.73. The molecule has 0 atom stereocenters. The number of imidazole rings is 1. The predicted octanol–water partition coefficient (Wildman–Crippen LogP) is 2.16. The minimum absolute atomic E-state index is 0.185. The normalized spacial score (nSPS) is 10.8. The standard InChI is InChI=1S/C13H16FN3/c1-10-7-12(14)4-3-11(10)8-15-9-13-16-5-6-17(13)2/h3-7,15H,8-9H2,1-2H3. The zero-order valence-electron chi connectivity index (χ0n) is 10.1. The summed E-state index contributed by atoms with van der Waals surface area (Å²) >= 11 is 0. The Balaban J connectivity index is 1.92. The molecule has 0 spiro atoms. The molecule has 0 aliphatic rings. The molecule has 4 heteroatoms. The fraction of sp³-hybridized carbons (Fsp3) is 0.308. The van der Waals surface area contributed by atoms with Crippen LogP contribution >= 0.6 is 0 Å². The number of aromatic nitrogens is 2. The smallest absolute Gasteiger partial charge is 0.123 e. The third-order valence-electron chi connectivity index (χ3n) is 2.82. The van der Waals surface area contributed by atoms with Crippen molar-refractivity contribution < 1.29 is 4.39 Å². The maximum absolute atomic E-state index is 12.9. The predicted molar refractivity (Wildman–Crippen MR) is 64.9 cm³/mol. The van der Waals surface area contributed by atoms with E-state index in [9.17, 15) is 4.39 Å². The van der Waals surface area contributed by atoms with Crippen molar-refractivity contribution in [3.05, 3.63) is 53.4 Å². The molecule has 0 aliphatic carbocycles. The third-order valence-corrected chi connectivity index (χ3v) is 2.82. The summed E-state index contributed by atoms with van der Waals surface area (Å²) in [6, 6.07) is 4.86. The molecule has 1 heterocycles. The Morgan fingerprint density at radius 1 is 1.35 bits per heavy atom. The molecule has 2 rings (SSSR count). The lowest BCUT2D eigenvalue weighted by molar-refractivity contribution is 0.618. The van der Waals surface area contributed by atoms with Crippen LogP contribution in [0.15, 0.2) is 30.6 Å². The Kier molecular flexibility index (Phi) is 3.54. The van der Waals surface area contributed by atoms with Gasteiger partial charge in [0.25, 0.3) is 0 Å². The van der Waals surface area contributed by atoms with Crippen molar-refractivity contribution in [1.82, 2.24) is 14.9 Å². The Hall–Kier alpha value is -1.68. The molecule has 0 radical (unpaired) electrons. The molecule has 0 bridgehead atoms. The topological polar surface area (TPSA) is 29.9 Å². The van der Waals surface area contributed by atoms with Crippen LogP contribution in [0.25, 0.3) is 0 Å². The van der Waals surface area contributed by atoms with Crippen molar-refractivity contribution in [1.29, 1.82) is 0 Å². The quantitative estimate of drug-likeness (QED) is 0.877. The van der Waals surface area contributed by atoms with E-state index in [1.807, 2.05) is 30.8 Å². The molecule has 0 aliphatic heterocycles. The van der Waals surface area contributed by atoms with E-state index in [1.165, 1.54) is 6.07 Å². The maximum Gasteiger partial charge on any atom is 0.123 e. The number of rotatable bonds is 4. The van der Waals surface area contributed by atoms with E-state index < -0.39 is 0 Å². The molecule has 90 valence electrons. The molecule has 0 saturated carbocycles. The van der Waals surface area contributed by atoms with Gasteiger partial charge in [-0.1, -0.05) is 6.07 Å². The first-order chi connectivity index (χ1) is 8.16. The second kappa shape index (κ2) is 5.10. The van der Waals surface area contributed by atoms with Gasteiger partial charge < -0.3 is 9.88 Å². The summed E-state index contributed by atoms with van der Waals surface area (Å²) in [7, 11) is 1.97. The van der Waals surface area contributed by atoms with Crippen LogP contribution in [0.2, 0.25) is 0 Å². The molecule has 1 aromatic heterocycles. The van der Waals surface area contributed by atoms with Gasteiger partial charge >= 0.3 is 0 Å². The lowest BCUT2D eigenvalue weighted by atomic mass is 10.1. The van der Waals surface area contributed by atoms with Crippen LogP contribution in [0.3, 0.4) is 0 Å². The lowest BCUT2D eigenvalue weighted by Crippen LogP contribution is -2.16. The first-order valence-corrected chi connectivity index (χ1v) is 5.59. The molecule has 0 fully saturated rings. The summed E-state index contributed by atoms with van der Waals surface area (Å²) in [6.07, 6.45) is 3.69. The number of hydrogen-bond donors (Lipinski definition) is 1. The summed E-state index contributed by atoms with van der Waals surface area (Å²) < 4.78 is 14.9. The molecule has 0 unspecified atom stereocenters. The number of hydrogen-bond acceptors (Lipinski definition) is 2. The van der Waals surface area contributed by atoms with E-state index in [1.54, 1.807) is 12.3 Å². The van der Waals surface area contributed by atoms with Gasteiger partial charge in [0.15, 0.2) is 0 Å². The van der Waals surface area contributed by atoms with Crippen LogP contribution in [0.1, 0.15) is 17.0 Å². The van der Waals surface area contributed by atoms with E-state index >= 15 is 0 Å². The zero-order chi connectivity index (χ0) is 12.3. The zero-order valence-corrected chi connectivity index (χ0v) is 10.1. The highest BCUT2D eigenvalue weighted by Crippen LogP contribution is 2.09. The number of nitrogens with zero attached hydrogens (tertiary/aromatic N) is 2. The van der Waals surface area contributed by atoms with Gasteiger partial charge in [0.05, 0.1) is 6.54 Å². The molecule has 1 N–H and O–H groups in total. The van der Waals surface area contributed by atoms with Crippen molar-refractivity contribution in [2.24, 2.45) is 7.05 Å². The van der Waals surface area contributed by atoms with Gasteiger partial charge in [0, 0.05) is 26.0 Å². The van der Waals surface area contributed by atoms with E-state index in [0.29, 0.717) is 6.54 Å². The molecule has 1 aromatic carbocycles. The van der Waals surface area contributed by atoms with Crippen molar-refractivity contribution in [3.8, 4) is 0 Å². The molecule has 2 aromatic rings. The summed E-state index contributed by atoms with van der Waals surface area (Å²) in [4.78, 5) is 4.22. The molecule has 0 saturated heterocycles. The van der Waals surface area contributed by atoms with Crippen LogP contribution in [-0.4, -0.2) is 9.55 Å². The number of aryl methyl sites for hydroxylation is 2. The Bertz CT molecular complexity index is 505. The van der Waals surface area contributed by atoms with Gasteiger partial charge in [-0.15, -0.1) is 0 Å². The largest absolute Gasteiger partial charge is 0.337 e. The highest BCUT2D eigenvalue weighted by molar-refractivity contribution is 5.26. The summed E-state index contributed by atoms with van der Waals surface area (Å²) in [5, 5.41) is 3.30. The van der Waals surface area contributed by atoms with E-state index in [-0.39, 0.29) is 5.82 Å². The van der Waals surface area contributed by atoms with Gasteiger partial charge in [-0.2, -0.15) is 0 Å². The Morgan fingerprint density at radius 3 is 2.82 bits per heavy atom. The fourth-order valence-corrected chi connectivity index (χ4v) is 1.73. The average molecular weight is 233 g/mol. The van der Waals surface area contributed by atoms with Crippen molar-refractivity contribution >= 4 is 0 Å². The number of benzene rings is 1. The monoisotopic (exact) mass is 233 g/mol. The van der Waals surface area contributed by atoms with Crippen LogP contribution < -0.4 is 5.32 Å². The second-order valence-electron chi connectivity index (χ2n) is 4.13. The summed E-state index contributed by atoms with van der Waals surface area (Å²) in [6.45, 7) is 3.35. The highest BCUT2D eigenvalue weighted by atomic mass is 19.1. The first-order valence-electron chi connectivity index (χ1n) is 5.59. The molecular weight excluding hydrogens is 217 g/mol. The highest BCUT2D eigenvalue weighted by Gasteiger charge is 2.01. The van der Waals surface area contributed by atoms with Crippen LogP contribution in [-0.2, 0) is 20.1 Å². The average Bonchev–Trinajstić information content (AvgIpc) is 2.68. The van der Waals surface area contributed by atoms with Gasteiger partial charge in [-0.05, 0) is 30.2 Å². The number of halogens is 1. The van der Waals surface area contributed by atoms with E-state index in [4.69, 9.17) is 0 Å². The van der Waals surface area contributed by atoms with Crippen LogP contribution in [0.4, 0.5) is 4.39 Å². The number of nitrogens with one attached hydrogen (secondary N) is 1. The maximum atomic E-state index is 12.9. The molecule has 17 heavy (non-hydrogen) atoms. The SMILES string of the molecule is Cc1cc(F)ccc1CNCc1nccn1C.